The van der Waals surface area contributed by atoms with E-state index in [9.17, 15) is 0 Å². The number of nitrogens with zero attached hydrogens (tertiary/aromatic N) is 3. The van der Waals surface area contributed by atoms with Crippen LogP contribution in [-0.2, 0) is 9.57 Å². The number of anilines is 1. The van der Waals surface area contributed by atoms with Crippen molar-refractivity contribution in [2.45, 2.75) is 6.92 Å². The van der Waals surface area contributed by atoms with Crippen molar-refractivity contribution in [3.8, 4) is 0 Å². The first-order valence-corrected chi connectivity index (χ1v) is 5.06. The van der Waals surface area contributed by atoms with Gasteiger partial charge in [-0.2, -0.15) is 0 Å². The van der Waals surface area contributed by atoms with Crippen LogP contribution in [0.2, 0.25) is 0 Å². The summed E-state index contributed by atoms with van der Waals surface area (Å²) in [6, 6.07) is 8.26. The topological polar surface area (TPSA) is 37.3 Å². The molecule has 0 atom stereocenters. The molecule has 0 bridgehead atoms. The van der Waals surface area contributed by atoms with Crippen molar-refractivity contribution in [3.05, 3.63) is 29.8 Å². The molecule has 0 spiro atoms. The molecule has 1 aromatic rings. The predicted octanol–water partition coefficient (Wildman–Crippen LogP) is 1.55. The quantitative estimate of drug-likeness (QED) is 0.723. The molecule has 0 amide bonds. The molecule has 0 aliphatic carbocycles. The lowest BCUT2D eigenvalue weighted by molar-refractivity contribution is -0.212. The molecule has 0 radical (unpaired) electrons. The maximum atomic E-state index is 5.20. The lowest BCUT2D eigenvalue weighted by atomic mass is 10.2. The Bertz CT molecular complexity index is 364. The highest BCUT2D eigenvalue weighted by molar-refractivity contribution is 5.80. The Morgan fingerprint density at radius 3 is 2.75 bits per heavy atom. The SMILES string of the molecule is COCON1CN(c2ccc(C)cc2)C=N1. The van der Waals surface area contributed by atoms with Crippen LogP contribution in [0.3, 0.4) is 0 Å². The Kier molecular flexibility index (Phi) is 3.38. The Labute approximate surface area is 94.8 Å². The van der Waals surface area contributed by atoms with Gasteiger partial charge < -0.3 is 9.64 Å². The number of ether oxygens (including phenoxy) is 1. The van der Waals surface area contributed by atoms with Gasteiger partial charge in [0.15, 0.2) is 6.79 Å². The molecule has 0 fully saturated rings. The monoisotopic (exact) mass is 221 g/mol. The van der Waals surface area contributed by atoms with E-state index in [0.29, 0.717) is 6.67 Å². The molecule has 5 nitrogen and oxygen atoms in total. The summed E-state index contributed by atoms with van der Waals surface area (Å²) in [5.74, 6) is 0. The Balaban J connectivity index is 1.94. The molecule has 1 aliphatic heterocycles. The van der Waals surface area contributed by atoms with Gasteiger partial charge in [0, 0.05) is 12.8 Å². The second-order valence-electron chi connectivity index (χ2n) is 3.57. The molecule has 0 saturated heterocycles. The number of hydrazone groups is 1. The summed E-state index contributed by atoms with van der Waals surface area (Å²) in [6.45, 7) is 2.85. The highest BCUT2D eigenvalue weighted by Crippen LogP contribution is 2.17. The first-order chi connectivity index (χ1) is 7.79. The van der Waals surface area contributed by atoms with Crippen molar-refractivity contribution in [2.24, 2.45) is 5.10 Å². The third-order valence-electron chi connectivity index (χ3n) is 2.28. The van der Waals surface area contributed by atoms with Crippen molar-refractivity contribution in [1.29, 1.82) is 0 Å². The van der Waals surface area contributed by atoms with Crippen LogP contribution in [0.5, 0.6) is 0 Å². The van der Waals surface area contributed by atoms with Gasteiger partial charge in [-0.1, -0.05) is 17.7 Å². The lowest BCUT2D eigenvalue weighted by Gasteiger charge is -2.17. The minimum absolute atomic E-state index is 0.207. The van der Waals surface area contributed by atoms with Crippen molar-refractivity contribution in [1.82, 2.24) is 5.17 Å². The second kappa shape index (κ2) is 4.96. The average molecular weight is 221 g/mol. The summed E-state index contributed by atoms with van der Waals surface area (Å²) in [5.41, 5.74) is 2.34. The smallest absolute Gasteiger partial charge is 0.174 e. The number of hydroxylamine groups is 1. The summed E-state index contributed by atoms with van der Waals surface area (Å²) in [6.07, 6.45) is 1.74. The van der Waals surface area contributed by atoms with Gasteiger partial charge in [-0.05, 0) is 19.1 Å². The second-order valence-corrected chi connectivity index (χ2v) is 3.57. The Morgan fingerprint density at radius 1 is 1.31 bits per heavy atom. The molecule has 5 heteroatoms. The third kappa shape index (κ3) is 2.50. The predicted molar refractivity (Wildman–Crippen MR) is 61.8 cm³/mol. The van der Waals surface area contributed by atoms with Crippen molar-refractivity contribution in [3.63, 3.8) is 0 Å². The average Bonchev–Trinajstić information content (AvgIpc) is 2.76. The van der Waals surface area contributed by atoms with Gasteiger partial charge in [0.25, 0.3) is 0 Å². The van der Waals surface area contributed by atoms with Gasteiger partial charge in [-0.25, -0.2) is 4.84 Å². The van der Waals surface area contributed by atoms with E-state index in [4.69, 9.17) is 9.57 Å². The van der Waals surface area contributed by atoms with Crippen molar-refractivity contribution < 1.29 is 9.57 Å². The summed E-state index contributed by atoms with van der Waals surface area (Å²) < 4.78 is 4.80. The molecule has 2 rings (SSSR count). The van der Waals surface area contributed by atoms with Crippen LogP contribution >= 0.6 is 0 Å². The maximum Gasteiger partial charge on any atom is 0.174 e. The molecule has 1 aromatic carbocycles. The lowest BCUT2D eigenvalue weighted by Crippen LogP contribution is -2.27. The van der Waals surface area contributed by atoms with Gasteiger partial charge in [0.2, 0.25) is 0 Å². The van der Waals surface area contributed by atoms with E-state index < -0.39 is 0 Å². The maximum absolute atomic E-state index is 5.20. The number of aryl methyl sites for hydroxylation is 1. The van der Waals surface area contributed by atoms with E-state index in [2.05, 4.69) is 36.3 Å². The zero-order valence-corrected chi connectivity index (χ0v) is 9.46. The van der Waals surface area contributed by atoms with Crippen LogP contribution in [-0.4, -0.2) is 32.1 Å². The first kappa shape index (κ1) is 10.9. The normalized spacial score (nSPS) is 14.9. The number of benzene rings is 1. The van der Waals surface area contributed by atoms with Crippen LogP contribution in [0.4, 0.5) is 5.69 Å². The van der Waals surface area contributed by atoms with Crippen molar-refractivity contribution >= 4 is 12.0 Å². The van der Waals surface area contributed by atoms with E-state index in [1.165, 1.54) is 10.7 Å². The fraction of sp³-hybridized carbons (Fsp3) is 0.364. The highest BCUT2D eigenvalue weighted by atomic mass is 16.8. The Hall–Kier alpha value is -1.59. The van der Waals surface area contributed by atoms with Gasteiger partial charge in [0.1, 0.15) is 13.0 Å². The highest BCUT2D eigenvalue weighted by Gasteiger charge is 2.15. The number of hydrogen-bond donors (Lipinski definition) is 0. The van der Waals surface area contributed by atoms with Crippen LogP contribution in [0, 0.1) is 6.92 Å². The minimum atomic E-state index is 0.207. The molecule has 1 aliphatic rings. The van der Waals surface area contributed by atoms with Crippen LogP contribution in [0.15, 0.2) is 29.4 Å². The van der Waals surface area contributed by atoms with Gasteiger partial charge in [0.05, 0.1) is 0 Å². The summed E-state index contributed by atoms with van der Waals surface area (Å²) in [7, 11) is 1.58. The zero-order chi connectivity index (χ0) is 11.4. The molecule has 1 heterocycles. The summed E-state index contributed by atoms with van der Waals surface area (Å²) in [4.78, 5) is 7.19. The molecule has 0 N–H and O–H groups in total. The first-order valence-electron chi connectivity index (χ1n) is 5.06. The fourth-order valence-corrected chi connectivity index (χ4v) is 1.40. The largest absolute Gasteiger partial charge is 0.356 e. The summed E-state index contributed by atoms with van der Waals surface area (Å²) in [5, 5.41) is 5.57. The molecule has 0 unspecified atom stereocenters. The summed E-state index contributed by atoms with van der Waals surface area (Å²) >= 11 is 0. The number of hydrogen-bond acceptors (Lipinski definition) is 5. The van der Waals surface area contributed by atoms with E-state index in [0.717, 1.165) is 5.69 Å². The van der Waals surface area contributed by atoms with Crippen LogP contribution < -0.4 is 4.90 Å². The molecular formula is C11H15N3O2. The fourth-order valence-electron chi connectivity index (χ4n) is 1.40. The van der Waals surface area contributed by atoms with Crippen molar-refractivity contribution in [2.75, 3.05) is 25.5 Å². The number of rotatable bonds is 4. The van der Waals surface area contributed by atoms with Gasteiger partial charge >= 0.3 is 0 Å². The zero-order valence-electron chi connectivity index (χ0n) is 9.46. The van der Waals surface area contributed by atoms with E-state index in [1.54, 1.807) is 13.4 Å². The molecule has 86 valence electrons. The molecule has 16 heavy (non-hydrogen) atoms. The van der Waals surface area contributed by atoms with Crippen LogP contribution in [0.1, 0.15) is 5.56 Å². The van der Waals surface area contributed by atoms with Gasteiger partial charge in [-0.15, -0.1) is 10.3 Å². The van der Waals surface area contributed by atoms with E-state index in [-0.39, 0.29) is 6.79 Å². The Morgan fingerprint density at radius 2 is 2.06 bits per heavy atom. The number of methoxy groups -OCH3 is 1. The molecule has 0 aromatic heterocycles. The molecular weight excluding hydrogens is 206 g/mol. The minimum Gasteiger partial charge on any atom is -0.356 e. The van der Waals surface area contributed by atoms with E-state index >= 15 is 0 Å². The standard InChI is InChI=1S/C11H15N3O2/c1-10-3-5-11(6-4-10)13-7-12-14(8-13)16-9-15-2/h3-7H,8-9H2,1-2H3. The van der Waals surface area contributed by atoms with Gasteiger partial charge in [-0.3, -0.25) is 0 Å². The third-order valence-corrected chi connectivity index (χ3v) is 2.28. The van der Waals surface area contributed by atoms with Crippen LogP contribution in [0.25, 0.3) is 0 Å². The molecule has 0 saturated carbocycles. The van der Waals surface area contributed by atoms with E-state index in [1.807, 2.05) is 4.90 Å².